The van der Waals surface area contributed by atoms with Gasteiger partial charge in [0.1, 0.15) is 11.6 Å². The summed E-state index contributed by atoms with van der Waals surface area (Å²) in [5, 5.41) is 16.1. The van der Waals surface area contributed by atoms with Crippen molar-refractivity contribution < 1.29 is 24.2 Å². The molecule has 9 nitrogen and oxygen atoms in total. The van der Waals surface area contributed by atoms with Crippen molar-refractivity contribution in [3.05, 3.63) is 24.3 Å². The highest BCUT2D eigenvalue weighted by Gasteiger charge is 2.77. The summed E-state index contributed by atoms with van der Waals surface area (Å²) >= 11 is 3.66. The number of rotatable bonds is 10. The fraction of sp³-hybridized carbons (Fsp3) is 0.667. The quantitative estimate of drug-likeness (QED) is 0.367. The van der Waals surface area contributed by atoms with Crippen molar-refractivity contribution in [1.29, 1.82) is 0 Å². The van der Waals surface area contributed by atoms with Gasteiger partial charge >= 0.3 is 0 Å². The maximum absolute atomic E-state index is 14.0. The number of likely N-dealkylation sites (tertiary alicyclic amines) is 1. The molecule has 204 valence electrons. The number of hydrogen-bond donors (Lipinski definition) is 3. The molecule has 10 heteroatoms. The zero-order valence-corrected chi connectivity index (χ0v) is 23.8. The Morgan fingerprint density at radius 3 is 2.41 bits per heavy atom. The first-order chi connectivity index (χ1) is 17.7. The van der Waals surface area contributed by atoms with Gasteiger partial charge in [0.05, 0.1) is 30.6 Å². The van der Waals surface area contributed by atoms with Crippen molar-refractivity contribution in [3.8, 4) is 0 Å². The Morgan fingerprint density at radius 2 is 1.86 bits per heavy atom. The Kier molecular flexibility index (Phi) is 8.21. The predicted molar refractivity (Wildman–Crippen MR) is 146 cm³/mol. The standard InChI is InChI=1S/C27H39BrN4O5/c1-6-15(4)19(14-33)32-23(25(35)30-16-9-11-17(12-10-16)31(7-2)8-3)27-13-18(28)22(37-27)20(24(34)29-5)21(27)26(32)36/h9-12,15,18-23,33H,6-8,13-14H2,1-5H3,(H,29,34)(H,30,35)/t15-,18?,19-,20+,21-,22+,23?,27?/m0/s1. The van der Waals surface area contributed by atoms with Gasteiger partial charge in [0.25, 0.3) is 0 Å². The monoisotopic (exact) mass is 578 g/mol. The van der Waals surface area contributed by atoms with Crippen LogP contribution in [-0.2, 0) is 19.1 Å². The number of halogens is 1. The highest BCUT2D eigenvalue weighted by Crippen LogP contribution is 2.60. The average Bonchev–Trinajstić information content (AvgIpc) is 3.49. The number of aliphatic hydroxyl groups is 1. The summed E-state index contributed by atoms with van der Waals surface area (Å²) in [6, 6.07) is 6.09. The molecule has 8 atom stereocenters. The molecule has 3 fully saturated rings. The SMILES string of the molecule is CC[C@H](C)[C@H](CO)N1C(=O)[C@@H]2[C@@H](C(=O)NC)[C@@H]3OC2(CC3Br)C1C(=O)Nc1ccc(N(CC)CC)cc1. The van der Waals surface area contributed by atoms with Gasteiger partial charge in [-0.05, 0) is 50.5 Å². The number of benzene rings is 1. The molecule has 1 aromatic carbocycles. The summed E-state index contributed by atoms with van der Waals surface area (Å²) in [6.45, 7) is 9.61. The fourth-order valence-electron chi connectivity index (χ4n) is 6.56. The summed E-state index contributed by atoms with van der Waals surface area (Å²) < 4.78 is 6.47. The normalized spacial score (nSPS) is 31.7. The molecule has 3 saturated heterocycles. The third-order valence-electron chi connectivity index (χ3n) is 8.63. The van der Waals surface area contributed by atoms with Crippen LogP contribution in [-0.4, -0.2) is 83.1 Å². The van der Waals surface area contributed by atoms with Gasteiger partial charge in [-0.3, -0.25) is 14.4 Å². The van der Waals surface area contributed by atoms with Gasteiger partial charge in [-0.25, -0.2) is 0 Å². The zero-order valence-electron chi connectivity index (χ0n) is 22.2. The molecular weight excluding hydrogens is 540 g/mol. The maximum Gasteiger partial charge on any atom is 0.250 e. The first-order valence-corrected chi connectivity index (χ1v) is 14.2. The molecule has 0 aromatic heterocycles. The number of aliphatic hydroxyl groups excluding tert-OH is 1. The number of carbonyl (C=O) groups excluding carboxylic acids is 3. The Balaban J connectivity index is 1.72. The van der Waals surface area contributed by atoms with Gasteiger partial charge in [0.15, 0.2) is 0 Å². The largest absolute Gasteiger partial charge is 0.394 e. The third kappa shape index (κ3) is 4.44. The predicted octanol–water partition coefficient (Wildman–Crippen LogP) is 2.37. The van der Waals surface area contributed by atoms with E-state index in [1.54, 1.807) is 7.05 Å². The number of amides is 3. The molecule has 3 aliphatic rings. The van der Waals surface area contributed by atoms with Crippen molar-refractivity contribution in [1.82, 2.24) is 10.2 Å². The molecule has 3 N–H and O–H groups in total. The maximum atomic E-state index is 14.0. The summed E-state index contributed by atoms with van der Waals surface area (Å²) in [5.74, 6) is -2.49. The van der Waals surface area contributed by atoms with Gasteiger partial charge in [0, 0.05) is 36.3 Å². The molecule has 4 rings (SSSR count). The van der Waals surface area contributed by atoms with Gasteiger partial charge in [0.2, 0.25) is 17.7 Å². The number of hydrogen-bond acceptors (Lipinski definition) is 6. The summed E-state index contributed by atoms with van der Waals surface area (Å²) in [6.07, 6.45) is 0.642. The van der Waals surface area contributed by atoms with Gasteiger partial charge in [-0.1, -0.05) is 36.2 Å². The number of nitrogens with zero attached hydrogens (tertiary/aromatic N) is 2. The Hall–Kier alpha value is -2.17. The summed E-state index contributed by atoms with van der Waals surface area (Å²) in [5.41, 5.74) is 0.520. The topological polar surface area (TPSA) is 111 Å². The van der Waals surface area contributed by atoms with Crippen LogP contribution in [0.1, 0.15) is 40.5 Å². The van der Waals surface area contributed by atoms with E-state index in [0.717, 1.165) is 25.2 Å². The molecule has 1 spiro atoms. The first-order valence-electron chi connectivity index (χ1n) is 13.3. The molecule has 1 aromatic rings. The van der Waals surface area contributed by atoms with Crippen LogP contribution in [0, 0.1) is 17.8 Å². The van der Waals surface area contributed by atoms with Crippen LogP contribution in [0.25, 0.3) is 0 Å². The van der Waals surface area contributed by atoms with Crippen molar-refractivity contribution in [2.45, 2.75) is 69.2 Å². The second-order valence-electron chi connectivity index (χ2n) is 10.4. The molecule has 0 aliphatic carbocycles. The van der Waals surface area contributed by atoms with Crippen molar-refractivity contribution in [3.63, 3.8) is 0 Å². The van der Waals surface area contributed by atoms with Gasteiger partial charge in [-0.2, -0.15) is 0 Å². The number of nitrogens with one attached hydrogen (secondary N) is 2. The Bertz CT molecular complexity index is 1020. The zero-order chi connectivity index (χ0) is 27.1. The van der Waals surface area contributed by atoms with Crippen LogP contribution in [0.3, 0.4) is 0 Å². The van der Waals surface area contributed by atoms with E-state index in [9.17, 15) is 19.5 Å². The van der Waals surface area contributed by atoms with Crippen LogP contribution in [0.5, 0.6) is 0 Å². The van der Waals surface area contributed by atoms with E-state index >= 15 is 0 Å². The molecule has 0 radical (unpaired) electrons. The van der Waals surface area contributed by atoms with Gasteiger partial charge < -0.3 is 30.3 Å². The Labute approximate surface area is 227 Å². The molecule has 3 heterocycles. The minimum Gasteiger partial charge on any atom is -0.394 e. The van der Waals surface area contributed by atoms with Crippen LogP contribution < -0.4 is 15.5 Å². The second kappa shape index (κ2) is 10.9. The average molecular weight is 580 g/mol. The van der Waals surface area contributed by atoms with Gasteiger partial charge in [-0.15, -0.1) is 0 Å². The summed E-state index contributed by atoms with van der Waals surface area (Å²) in [7, 11) is 1.54. The van der Waals surface area contributed by atoms with E-state index in [2.05, 4.69) is 45.3 Å². The molecule has 37 heavy (non-hydrogen) atoms. The highest BCUT2D eigenvalue weighted by atomic mass is 79.9. The number of anilines is 2. The minimum atomic E-state index is -1.15. The number of carbonyl (C=O) groups is 3. The highest BCUT2D eigenvalue weighted by molar-refractivity contribution is 9.09. The number of ether oxygens (including phenoxy) is 1. The third-order valence-corrected chi connectivity index (χ3v) is 9.48. The Morgan fingerprint density at radius 1 is 1.22 bits per heavy atom. The molecule has 3 amide bonds. The lowest BCUT2D eigenvalue weighted by atomic mass is 9.70. The van der Waals surface area contributed by atoms with E-state index in [4.69, 9.17) is 4.74 Å². The molecule has 0 saturated carbocycles. The molecule has 3 aliphatic heterocycles. The fourth-order valence-corrected chi connectivity index (χ4v) is 7.50. The first kappa shape index (κ1) is 27.9. The summed E-state index contributed by atoms with van der Waals surface area (Å²) in [4.78, 5) is 44.6. The lowest BCUT2D eigenvalue weighted by Crippen LogP contribution is -2.57. The molecule has 2 bridgehead atoms. The van der Waals surface area contributed by atoms with E-state index in [1.807, 2.05) is 38.1 Å². The van der Waals surface area contributed by atoms with Crippen LogP contribution in [0.15, 0.2) is 24.3 Å². The van der Waals surface area contributed by atoms with Crippen molar-refractivity contribution in [2.75, 3.05) is 37.0 Å². The van der Waals surface area contributed by atoms with Crippen LogP contribution >= 0.6 is 15.9 Å². The minimum absolute atomic E-state index is 0.0525. The van der Waals surface area contributed by atoms with Crippen LogP contribution in [0.2, 0.25) is 0 Å². The van der Waals surface area contributed by atoms with Crippen molar-refractivity contribution >= 4 is 45.0 Å². The number of alkyl halides is 1. The smallest absolute Gasteiger partial charge is 0.250 e. The van der Waals surface area contributed by atoms with E-state index in [0.29, 0.717) is 12.1 Å². The van der Waals surface area contributed by atoms with E-state index in [-0.39, 0.29) is 35.1 Å². The van der Waals surface area contributed by atoms with E-state index < -0.39 is 35.6 Å². The lowest BCUT2D eigenvalue weighted by molar-refractivity contribution is -0.145. The molecular formula is C27H39BrN4O5. The van der Waals surface area contributed by atoms with Crippen LogP contribution in [0.4, 0.5) is 11.4 Å². The lowest BCUT2D eigenvalue weighted by Gasteiger charge is -2.38. The number of fused-ring (bicyclic) bond motifs is 1. The second-order valence-corrected chi connectivity index (χ2v) is 11.5. The van der Waals surface area contributed by atoms with E-state index in [1.165, 1.54) is 4.90 Å². The molecule has 3 unspecified atom stereocenters. The van der Waals surface area contributed by atoms with Crippen molar-refractivity contribution in [2.24, 2.45) is 17.8 Å².